The monoisotopic (exact) mass is 1660 g/mol. The molecule has 0 unspecified atom stereocenters. The van der Waals surface area contributed by atoms with Crippen LogP contribution in [0.3, 0.4) is 0 Å². The molecule has 2 aliphatic carbocycles. The number of para-hydroxylation sites is 2. The zero-order valence-electron chi connectivity index (χ0n) is 62.6. The van der Waals surface area contributed by atoms with Crippen molar-refractivity contribution in [2.75, 3.05) is 33.5 Å². The van der Waals surface area contributed by atoms with Crippen molar-refractivity contribution in [3.63, 3.8) is 0 Å². The molecule has 510 valence electrons. The third kappa shape index (κ3) is 40.5. The number of nitrogens with one attached hydrogen (secondary N) is 1. The van der Waals surface area contributed by atoms with Crippen molar-refractivity contribution >= 4 is 22.8 Å². The second-order valence-corrected chi connectivity index (χ2v) is 24.6. The maximum atomic E-state index is 5.10. The van der Waals surface area contributed by atoms with Crippen molar-refractivity contribution in [3.8, 4) is 0 Å². The smallest absolute Gasteiger partial charge is 1.00 e. The molecule has 1 N–H and O–H groups in total. The molecule has 6 nitrogen and oxygen atoms in total. The Hall–Kier alpha value is -6.53. The largest absolute Gasteiger partial charge is 4.00 e. The standard InChI is InChI=1S/C20H31N3.C20H30N3.7C7H7.2Hf.K.H/c2*1-14(2)16-10-9-11-17(15(3)4)20(16)21-18-12-7-8-13-19(18)22-23(5)6;7*1-7-5-3-2-4-6-7;;;;/h9-12,14-15,21H,7-8,13H2,1-6H3;9-12,14-15H,7-8,13H2,1-6H3;7*2-6H,1H2;;;;/q;8*-1;;+4;+1;-1/b22-19+;;;;;;;;;;;;. The van der Waals surface area contributed by atoms with Crippen LogP contribution in [0.5, 0.6) is 0 Å². The van der Waals surface area contributed by atoms with E-state index < -0.39 is 0 Å². The van der Waals surface area contributed by atoms with Gasteiger partial charge in [0, 0.05) is 65.4 Å². The van der Waals surface area contributed by atoms with Gasteiger partial charge in [0.05, 0.1) is 11.4 Å². The van der Waals surface area contributed by atoms with Crippen LogP contribution in [0.1, 0.15) is 180 Å². The molecule has 9 aromatic carbocycles. The minimum atomic E-state index is 0. The Labute approximate surface area is 678 Å². The fraction of sp³-hybridized carbons (Fsp3) is 0.247. The van der Waals surface area contributed by atoms with E-state index >= 15 is 0 Å². The van der Waals surface area contributed by atoms with Crippen LogP contribution in [-0.2, 0) is 51.7 Å². The van der Waals surface area contributed by atoms with Gasteiger partial charge in [0.2, 0.25) is 0 Å². The first-order chi connectivity index (χ1) is 45.6. The molecule has 0 aromatic heterocycles. The molecule has 0 saturated carbocycles. The quantitative estimate of drug-likeness (QED) is 0.0843. The first-order valence-electron chi connectivity index (χ1n) is 33.3. The van der Waals surface area contributed by atoms with Gasteiger partial charge in [-0.05, 0) is 73.3 Å². The van der Waals surface area contributed by atoms with Crippen molar-refractivity contribution < 1.29 is 104 Å². The summed E-state index contributed by atoms with van der Waals surface area (Å²) in [5, 5.41) is 21.9. The van der Waals surface area contributed by atoms with Gasteiger partial charge in [0.15, 0.2) is 0 Å². The van der Waals surface area contributed by atoms with Crippen LogP contribution < -0.4 is 56.7 Å². The van der Waals surface area contributed by atoms with Gasteiger partial charge < -0.3 is 22.1 Å². The van der Waals surface area contributed by atoms with Gasteiger partial charge >= 0.3 is 77.2 Å². The zero-order valence-corrected chi connectivity index (χ0v) is 71.9. The Balaban J connectivity index is 0. The number of anilines is 1. The summed E-state index contributed by atoms with van der Waals surface area (Å²) < 4.78 is 0. The van der Waals surface area contributed by atoms with Crippen molar-refractivity contribution in [1.29, 1.82) is 0 Å². The van der Waals surface area contributed by atoms with E-state index in [9.17, 15) is 0 Å². The number of hydrazone groups is 2. The molecule has 0 bridgehead atoms. The van der Waals surface area contributed by atoms with Crippen molar-refractivity contribution in [3.05, 3.63) is 387 Å². The second kappa shape index (κ2) is 54.3. The number of nitrogens with zero attached hydrogens (tertiary/aromatic N) is 5. The van der Waals surface area contributed by atoms with E-state index in [1.54, 1.807) is 0 Å². The van der Waals surface area contributed by atoms with Gasteiger partial charge in [-0.25, -0.2) is 0 Å². The van der Waals surface area contributed by atoms with Gasteiger partial charge in [0.1, 0.15) is 0 Å². The molecule has 0 aliphatic heterocycles. The van der Waals surface area contributed by atoms with E-state index in [0.717, 1.165) is 93.9 Å². The first kappa shape index (κ1) is 91.5. The molecule has 0 spiro atoms. The Kier molecular flexibility index (Phi) is 50.7. The Bertz CT molecular complexity index is 3030. The van der Waals surface area contributed by atoms with Crippen LogP contribution in [0.25, 0.3) is 5.32 Å². The van der Waals surface area contributed by atoms with Crippen LogP contribution in [0.15, 0.2) is 282 Å². The van der Waals surface area contributed by atoms with Gasteiger partial charge in [-0.1, -0.05) is 158 Å². The van der Waals surface area contributed by atoms with Gasteiger partial charge in [-0.15, -0.1) is 96.3 Å². The van der Waals surface area contributed by atoms with Crippen LogP contribution in [0.4, 0.5) is 11.4 Å². The predicted molar refractivity (Wildman–Crippen MR) is 419 cm³/mol. The van der Waals surface area contributed by atoms with Gasteiger partial charge in [-0.2, -0.15) is 183 Å². The zero-order chi connectivity index (χ0) is 69.8. The van der Waals surface area contributed by atoms with Crippen LogP contribution in [-0.4, -0.2) is 49.6 Å². The molecule has 0 amide bonds. The van der Waals surface area contributed by atoms with E-state index in [4.69, 9.17) is 5.32 Å². The molecule has 0 saturated heterocycles. The second-order valence-electron chi connectivity index (χ2n) is 24.6. The number of allylic oxidation sites excluding steroid dienone is 4. The molecule has 0 heterocycles. The number of hydrogen-bond acceptors (Lipinski definition) is 5. The third-order valence-electron chi connectivity index (χ3n) is 14.3. The average molecular weight is 1660 g/mol. The molecular weight excluding hydrogens is 1550 g/mol. The molecular formula is C89H111Hf2KN6-4. The normalized spacial score (nSPS) is 12.2. The number of benzene rings is 9. The predicted octanol–water partition coefficient (Wildman–Crippen LogP) is 21.4. The maximum Gasteiger partial charge on any atom is 4.00 e. The first-order valence-corrected chi connectivity index (χ1v) is 33.3. The molecule has 0 radical (unpaired) electrons. The molecule has 9 aromatic rings. The Morgan fingerprint density at radius 3 is 0.847 bits per heavy atom. The molecule has 98 heavy (non-hydrogen) atoms. The van der Waals surface area contributed by atoms with E-state index in [1.165, 1.54) is 40.1 Å². The summed E-state index contributed by atoms with van der Waals surface area (Å²) in [6.45, 7) is 44.0. The van der Waals surface area contributed by atoms with E-state index in [2.05, 4.69) is 168 Å². The SMILES string of the molecule is CC(C)c1cccc(C(C)C)c1NC1=CCCC/C1=N\N(C)C.CC(C)c1cccc(C(C)C)c1[N-]C1=CCCCC1=NN(C)C.[CH2-]c1ccccc1.[CH2-]c1ccccc1.[CH2-]c1ccccc1.[CH2-]c1ccccc1.[CH2-]c1ccccc1.[CH2-]c1ccccc1.[CH2-]c1ccccc1.[H-].[Hf+4].[Hf].[K+]. The Morgan fingerprint density at radius 2 is 0.602 bits per heavy atom. The summed E-state index contributed by atoms with van der Waals surface area (Å²) in [7, 11) is 7.92. The fourth-order valence-corrected chi connectivity index (χ4v) is 9.38. The van der Waals surface area contributed by atoms with Gasteiger partial charge in [-0.3, -0.25) is 0 Å². The summed E-state index contributed by atoms with van der Waals surface area (Å²) in [4.78, 5) is 0. The van der Waals surface area contributed by atoms with Crippen molar-refractivity contribution in [2.45, 2.75) is 118 Å². The molecule has 2 aliphatic rings. The van der Waals surface area contributed by atoms with Crippen LogP contribution in [0.2, 0.25) is 0 Å². The summed E-state index contributed by atoms with van der Waals surface area (Å²) >= 11 is 0. The summed E-state index contributed by atoms with van der Waals surface area (Å²) in [5.74, 6) is 1.92. The van der Waals surface area contributed by atoms with Crippen molar-refractivity contribution in [2.24, 2.45) is 10.2 Å². The van der Waals surface area contributed by atoms with E-state index in [0.29, 0.717) is 23.7 Å². The van der Waals surface area contributed by atoms with Crippen molar-refractivity contribution in [1.82, 2.24) is 10.0 Å². The third-order valence-corrected chi connectivity index (χ3v) is 14.3. The molecule has 0 atom stereocenters. The molecule has 0 fully saturated rings. The number of hydrogen-bond donors (Lipinski definition) is 1. The van der Waals surface area contributed by atoms with E-state index in [1.807, 2.05) is 251 Å². The summed E-state index contributed by atoms with van der Waals surface area (Å²) in [6, 6.07) is 82.4. The molecule has 9 heteroatoms. The molecule has 11 rings (SSSR count). The number of rotatable bonds is 10. The van der Waals surface area contributed by atoms with Crippen LogP contribution >= 0.6 is 0 Å². The van der Waals surface area contributed by atoms with E-state index in [-0.39, 0.29) is 104 Å². The van der Waals surface area contributed by atoms with Crippen LogP contribution in [0, 0.1) is 48.5 Å². The average Bonchev–Trinajstić information content (AvgIpc) is 0.820. The fourth-order valence-electron chi connectivity index (χ4n) is 9.38. The Morgan fingerprint density at radius 1 is 0.357 bits per heavy atom. The topological polar surface area (TPSA) is 57.3 Å². The van der Waals surface area contributed by atoms with Gasteiger partial charge in [0.25, 0.3) is 0 Å². The summed E-state index contributed by atoms with van der Waals surface area (Å²) in [5.41, 5.74) is 19.8. The maximum absolute atomic E-state index is 5.10. The minimum absolute atomic E-state index is 0. The summed E-state index contributed by atoms with van der Waals surface area (Å²) in [6.07, 6.45) is 11.1. The minimum Gasteiger partial charge on any atom is -1.00 e.